The number of amides is 1. The van der Waals surface area contributed by atoms with E-state index in [1.54, 1.807) is 0 Å². The maximum absolute atomic E-state index is 11.3. The first kappa shape index (κ1) is 38.7. The standard InChI is InChI=1S/C30H59NO9/c1-2-3-4-5-6-7-8-9-10-11-12-13-14-15-17-35-19-21-37-23-25-39-26-24-38-22-20-36-18-16-31-29(32)27-40-28-30(33)34/h2-28H2,1H3,(H,31,32)(H,33,34). The molecule has 10 heteroatoms. The smallest absolute Gasteiger partial charge is 0.329 e. The van der Waals surface area contributed by atoms with Gasteiger partial charge in [0.1, 0.15) is 13.2 Å². The Labute approximate surface area is 243 Å². The van der Waals surface area contributed by atoms with Crippen LogP contribution in [0.2, 0.25) is 0 Å². The van der Waals surface area contributed by atoms with Gasteiger partial charge in [-0.15, -0.1) is 0 Å². The first-order chi connectivity index (χ1) is 19.7. The van der Waals surface area contributed by atoms with Gasteiger partial charge in [-0.25, -0.2) is 4.79 Å². The lowest BCUT2D eigenvalue weighted by atomic mass is 10.0. The Hall–Kier alpha value is -1.30. The number of carboxylic acid groups (broad SMARTS) is 1. The summed E-state index contributed by atoms with van der Waals surface area (Å²) in [5.41, 5.74) is 0. The molecule has 0 aromatic heterocycles. The number of unbranched alkanes of at least 4 members (excludes halogenated alkanes) is 13. The quantitative estimate of drug-likeness (QED) is 0.104. The van der Waals surface area contributed by atoms with Crippen molar-refractivity contribution >= 4 is 11.9 Å². The zero-order chi connectivity index (χ0) is 29.2. The van der Waals surface area contributed by atoms with Crippen LogP contribution in [0.3, 0.4) is 0 Å². The summed E-state index contributed by atoms with van der Waals surface area (Å²) in [4.78, 5) is 21.6. The van der Waals surface area contributed by atoms with Gasteiger partial charge in [-0.05, 0) is 6.42 Å². The molecule has 0 aliphatic heterocycles. The molecule has 1 amide bonds. The minimum absolute atomic E-state index is 0.284. The zero-order valence-corrected chi connectivity index (χ0v) is 25.3. The molecule has 0 aromatic carbocycles. The Bertz CT molecular complexity index is 537. The summed E-state index contributed by atoms with van der Waals surface area (Å²) in [6, 6.07) is 0. The van der Waals surface area contributed by atoms with Gasteiger partial charge in [0.25, 0.3) is 0 Å². The molecule has 0 saturated carbocycles. The number of rotatable bonds is 34. The molecule has 0 bridgehead atoms. The number of carbonyl (C=O) groups is 2. The Morgan fingerprint density at radius 1 is 0.475 bits per heavy atom. The van der Waals surface area contributed by atoms with E-state index in [1.807, 2.05) is 0 Å². The third kappa shape index (κ3) is 34.7. The maximum Gasteiger partial charge on any atom is 0.329 e. The van der Waals surface area contributed by atoms with Crippen molar-refractivity contribution in [1.82, 2.24) is 5.32 Å². The summed E-state index contributed by atoms with van der Waals surface area (Å²) < 4.78 is 32.0. The molecule has 0 heterocycles. The lowest BCUT2D eigenvalue weighted by molar-refractivity contribution is -0.143. The minimum Gasteiger partial charge on any atom is -0.480 e. The number of aliphatic carboxylic acids is 1. The average Bonchev–Trinajstić information content (AvgIpc) is 2.94. The molecule has 0 aliphatic rings. The van der Waals surface area contributed by atoms with Crippen LogP contribution in [0.1, 0.15) is 96.8 Å². The highest BCUT2D eigenvalue weighted by Crippen LogP contribution is 2.12. The van der Waals surface area contributed by atoms with Gasteiger partial charge < -0.3 is 38.8 Å². The van der Waals surface area contributed by atoms with Crippen molar-refractivity contribution in [3.63, 3.8) is 0 Å². The Morgan fingerprint density at radius 3 is 1.27 bits per heavy atom. The Balaban J connectivity index is 3.08. The molecule has 0 saturated heterocycles. The van der Waals surface area contributed by atoms with Gasteiger partial charge in [0.15, 0.2) is 0 Å². The molecule has 0 rings (SSSR count). The molecule has 40 heavy (non-hydrogen) atoms. The van der Waals surface area contributed by atoms with Crippen LogP contribution in [0.4, 0.5) is 0 Å². The van der Waals surface area contributed by atoms with Crippen molar-refractivity contribution in [2.45, 2.75) is 96.8 Å². The largest absolute Gasteiger partial charge is 0.480 e. The first-order valence-electron chi connectivity index (χ1n) is 15.6. The third-order valence-electron chi connectivity index (χ3n) is 6.16. The van der Waals surface area contributed by atoms with E-state index in [0.29, 0.717) is 66.0 Å². The number of hydrogen-bond acceptors (Lipinski definition) is 8. The van der Waals surface area contributed by atoms with Crippen LogP contribution in [0.5, 0.6) is 0 Å². The van der Waals surface area contributed by atoms with E-state index in [4.69, 9.17) is 28.8 Å². The van der Waals surface area contributed by atoms with Crippen molar-refractivity contribution in [3.05, 3.63) is 0 Å². The lowest BCUT2D eigenvalue weighted by Crippen LogP contribution is -2.31. The second-order valence-corrected chi connectivity index (χ2v) is 9.89. The molecule has 0 aliphatic carbocycles. The predicted molar refractivity (Wildman–Crippen MR) is 156 cm³/mol. The van der Waals surface area contributed by atoms with E-state index < -0.39 is 12.6 Å². The van der Waals surface area contributed by atoms with Crippen molar-refractivity contribution in [1.29, 1.82) is 0 Å². The van der Waals surface area contributed by atoms with Gasteiger partial charge in [0.05, 0.1) is 59.5 Å². The fourth-order valence-electron chi connectivity index (χ4n) is 3.93. The topological polar surface area (TPSA) is 122 Å². The lowest BCUT2D eigenvalue weighted by Gasteiger charge is -2.08. The SMILES string of the molecule is CCCCCCCCCCCCCCCCOCCOCCOCCOCCOCCNC(=O)COCC(=O)O. The molecule has 0 radical (unpaired) electrons. The molecule has 2 N–H and O–H groups in total. The van der Waals surface area contributed by atoms with Crippen LogP contribution in [-0.4, -0.2) is 103 Å². The highest BCUT2D eigenvalue weighted by Gasteiger charge is 2.03. The van der Waals surface area contributed by atoms with E-state index in [9.17, 15) is 9.59 Å². The highest BCUT2D eigenvalue weighted by atomic mass is 16.6. The predicted octanol–water partition coefficient (Wildman–Crippen LogP) is 4.77. The second kappa shape index (κ2) is 33.9. The fraction of sp³-hybridized carbons (Fsp3) is 0.933. The molecule has 0 aromatic rings. The highest BCUT2D eigenvalue weighted by molar-refractivity contribution is 5.77. The number of nitrogens with one attached hydrogen (secondary N) is 1. The Kier molecular flexibility index (Phi) is 32.8. The Morgan fingerprint density at radius 2 is 0.850 bits per heavy atom. The summed E-state index contributed by atoms with van der Waals surface area (Å²) >= 11 is 0. The van der Waals surface area contributed by atoms with E-state index in [-0.39, 0.29) is 12.5 Å². The number of ether oxygens (including phenoxy) is 6. The van der Waals surface area contributed by atoms with E-state index in [0.717, 1.165) is 13.0 Å². The average molecular weight is 578 g/mol. The van der Waals surface area contributed by atoms with Gasteiger partial charge >= 0.3 is 5.97 Å². The summed E-state index contributed by atoms with van der Waals surface area (Å²) in [5.74, 6) is -1.49. The van der Waals surface area contributed by atoms with Crippen LogP contribution < -0.4 is 5.32 Å². The van der Waals surface area contributed by atoms with Gasteiger partial charge in [0, 0.05) is 13.2 Å². The molecule has 0 atom stereocenters. The summed E-state index contributed by atoms with van der Waals surface area (Å²) in [7, 11) is 0. The van der Waals surface area contributed by atoms with Crippen LogP contribution in [0.15, 0.2) is 0 Å². The molecular weight excluding hydrogens is 518 g/mol. The van der Waals surface area contributed by atoms with Crippen molar-refractivity contribution in [2.24, 2.45) is 0 Å². The zero-order valence-electron chi connectivity index (χ0n) is 25.3. The molecule has 0 spiro atoms. The van der Waals surface area contributed by atoms with Gasteiger partial charge in [-0.3, -0.25) is 4.79 Å². The van der Waals surface area contributed by atoms with E-state index >= 15 is 0 Å². The molecule has 10 nitrogen and oxygen atoms in total. The van der Waals surface area contributed by atoms with Crippen molar-refractivity contribution < 1.29 is 43.1 Å². The summed E-state index contributed by atoms with van der Waals surface area (Å²) in [6.45, 7) is 7.07. The maximum atomic E-state index is 11.3. The monoisotopic (exact) mass is 577 g/mol. The number of carboxylic acids is 1. The van der Waals surface area contributed by atoms with Gasteiger partial charge in [-0.1, -0.05) is 90.4 Å². The normalized spacial score (nSPS) is 11.2. The van der Waals surface area contributed by atoms with E-state index in [1.165, 1.54) is 83.5 Å². The van der Waals surface area contributed by atoms with Crippen molar-refractivity contribution in [3.8, 4) is 0 Å². The third-order valence-corrected chi connectivity index (χ3v) is 6.16. The minimum atomic E-state index is -1.11. The van der Waals surface area contributed by atoms with Crippen LogP contribution in [0.25, 0.3) is 0 Å². The summed E-state index contributed by atoms with van der Waals surface area (Å²) in [6.07, 6.45) is 19.1. The number of hydrogen-bond donors (Lipinski definition) is 2. The molecule has 0 unspecified atom stereocenters. The summed E-state index contributed by atoms with van der Waals surface area (Å²) in [5, 5.41) is 11.0. The van der Waals surface area contributed by atoms with E-state index in [2.05, 4.69) is 17.0 Å². The fourth-order valence-corrected chi connectivity index (χ4v) is 3.93. The number of carbonyl (C=O) groups excluding carboxylic acids is 1. The van der Waals surface area contributed by atoms with Gasteiger partial charge in [-0.2, -0.15) is 0 Å². The van der Waals surface area contributed by atoms with Crippen LogP contribution in [0, 0.1) is 0 Å². The van der Waals surface area contributed by atoms with Gasteiger partial charge in [0.2, 0.25) is 5.91 Å². The first-order valence-corrected chi connectivity index (χ1v) is 15.6. The molecule has 0 fully saturated rings. The van der Waals surface area contributed by atoms with Crippen molar-refractivity contribution in [2.75, 3.05) is 85.8 Å². The molecule has 238 valence electrons. The van der Waals surface area contributed by atoms with Crippen LogP contribution in [-0.2, 0) is 38.0 Å². The second-order valence-electron chi connectivity index (χ2n) is 9.89. The molecular formula is C30H59NO9. The van der Waals surface area contributed by atoms with Crippen LogP contribution >= 0.6 is 0 Å².